The first kappa shape index (κ1) is 23.7. The van der Waals surface area contributed by atoms with Gasteiger partial charge in [-0.3, -0.25) is 4.79 Å². The van der Waals surface area contributed by atoms with E-state index in [1.54, 1.807) is 0 Å². The van der Waals surface area contributed by atoms with Crippen LogP contribution in [0.5, 0.6) is 5.88 Å². The highest BCUT2D eigenvalue weighted by atomic mass is 35.5. The van der Waals surface area contributed by atoms with Gasteiger partial charge in [0.15, 0.2) is 0 Å². The Morgan fingerprint density at radius 2 is 1.97 bits per heavy atom. The summed E-state index contributed by atoms with van der Waals surface area (Å²) in [7, 11) is 0. The second-order valence-corrected chi connectivity index (χ2v) is 7.77. The van der Waals surface area contributed by atoms with Crippen molar-refractivity contribution in [2.75, 3.05) is 31.1 Å². The van der Waals surface area contributed by atoms with Crippen LogP contribution in [0.15, 0.2) is 30.3 Å². The van der Waals surface area contributed by atoms with Gasteiger partial charge in [-0.05, 0) is 49.9 Å². The number of amides is 1. The molecule has 1 aliphatic heterocycles. The van der Waals surface area contributed by atoms with E-state index >= 15 is 0 Å². The van der Waals surface area contributed by atoms with E-state index in [2.05, 4.69) is 10.3 Å². The van der Waals surface area contributed by atoms with Crippen molar-refractivity contribution in [1.29, 1.82) is 5.26 Å². The van der Waals surface area contributed by atoms with Gasteiger partial charge in [0, 0.05) is 25.7 Å². The van der Waals surface area contributed by atoms with Gasteiger partial charge in [0.2, 0.25) is 5.88 Å². The third-order valence-corrected chi connectivity index (χ3v) is 5.32. The number of hydrogen-bond acceptors (Lipinski definition) is 5. The maximum atomic E-state index is 13.3. The fraction of sp³-hybridized carbons (Fsp3) is 0.409. The third kappa shape index (κ3) is 6.26. The van der Waals surface area contributed by atoms with Gasteiger partial charge >= 0.3 is 6.18 Å². The fourth-order valence-electron chi connectivity index (χ4n) is 3.33. The van der Waals surface area contributed by atoms with E-state index in [0.29, 0.717) is 25.1 Å². The number of carbonyl (C=O) groups is 1. The first-order valence-electron chi connectivity index (χ1n) is 10.2. The molecule has 1 saturated heterocycles. The molecule has 0 saturated carbocycles. The number of benzene rings is 1. The Morgan fingerprint density at radius 3 is 2.66 bits per heavy atom. The molecule has 1 fully saturated rings. The summed E-state index contributed by atoms with van der Waals surface area (Å²) in [5.74, 6) is -0.289. The smallest absolute Gasteiger partial charge is 0.416 e. The van der Waals surface area contributed by atoms with Gasteiger partial charge in [-0.25, -0.2) is 0 Å². The second kappa shape index (κ2) is 10.6. The summed E-state index contributed by atoms with van der Waals surface area (Å²) in [6, 6.07) is 8.25. The van der Waals surface area contributed by atoms with E-state index in [0.717, 1.165) is 31.4 Å². The lowest BCUT2D eigenvalue weighted by molar-refractivity contribution is -0.137. The topological polar surface area (TPSA) is 78.2 Å². The Bertz CT molecular complexity index is 1000. The molecular formula is C22H22ClF3N4O2. The number of aromatic nitrogens is 1. The molecule has 1 aliphatic rings. The molecule has 0 aliphatic carbocycles. The molecule has 2 heterocycles. The zero-order chi connectivity index (χ0) is 23.1. The van der Waals surface area contributed by atoms with Crippen LogP contribution in [0, 0.1) is 11.3 Å². The lowest BCUT2D eigenvalue weighted by atomic mass is 10.1. The first-order chi connectivity index (χ1) is 15.3. The molecule has 1 N–H and O–H groups in total. The van der Waals surface area contributed by atoms with Crippen LogP contribution in [0.4, 0.5) is 19.0 Å². The van der Waals surface area contributed by atoms with Crippen molar-refractivity contribution in [2.24, 2.45) is 0 Å². The van der Waals surface area contributed by atoms with Gasteiger partial charge < -0.3 is 15.0 Å². The minimum atomic E-state index is -4.50. The van der Waals surface area contributed by atoms with Crippen molar-refractivity contribution in [3.05, 3.63) is 52.0 Å². The summed E-state index contributed by atoms with van der Waals surface area (Å²) in [6.07, 6.45) is -1.28. The van der Waals surface area contributed by atoms with Crippen molar-refractivity contribution in [1.82, 2.24) is 10.3 Å². The Balaban J connectivity index is 1.57. The van der Waals surface area contributed by atoms with E-state index < -0.39 is 17.6 Å². The number of anilines is 1. The second-order valence-electron chi connectivity index (χ2n) is 7.36. The molecule has 2 aromatic rings. The summed E-state index contributed by atoms with van der Waals surface area (Å²) in [5.41, 5.74) is -0.316. The summed E-state index contributed by atoms with van der Waals surface area (Å²) in [4.78, 5) is 18.3. The number of nitriles is 1. The highest BCUT2D eigenvalue weighted by Crippen LogP contribution is 2.34. The van der Waals surface area contributed by atoms with Crippen LogP contribution in [-0.4, -0.2) is 37.1 Å². The Hall–Kier alpha value is -2.99. The van der Waals surface area contributed by atoms with Crippen LogP contribution in [0.3, 0.4) is 0 Å². The molecule has 170 valence electrons. The van der Waals surface area contributed by atoms with Gasteiger partial charge in [-0.15, -0.1) is 0 Å². The zero-order valence-electron chi connectivity index (χ0n) is 17.2. The molecule has 1 aromatic carbocycles. The normalized spacial score (nSPS) is 14.0. The van der Waals surface area contributed by atoms with Crippen LogP contribution < -0.4 is 15.0 Å². The molecule has 0 atom stereocenters. The molecule has 1 amide bonds. The minimum Gasteiger partial charge on any atom is -0.478 e. The number of hydrogen-bond donors (Lipinski definition) is 1. The quantitative estimate of drug-likeness (QED) is 0.592. The third-order valence-electron chi connectivity index (χ3n) is 4.99. The number of nitrogens with zero attached hydrogens (tertiary/aromatic N) is 3. The van der Waals surface area contributed by atoms with Gasteiger partial charge in [0.25, 0.3) is 5.91 Å². The number of ether oxygens (including phenoxy) is 1. The molecule has 32 heavy (non-hydrogen) atoms. The number of carbonyl (C=O) groups excluding carboxylic acids is 1. The monoisotopic (exact) mass is 466 g/mol. The molecule has 10 heteroatoms. The van der Waals surface area contributed by atoms with E-state index in [1.807, 2.05) is 11.0 Å². The average molecular weight is 467 g/mol. The van der Waals surface area contributed by atoms with E-state index in [-0.39, 0.29) is 35.4 Å². The zero-order valence-corrected chi connectivity index (χ0v) is 18.0. The van der Waals surface area contributed by atoms with Gasteiger partial charge in [-0.1, -0.05) is 11.6 Å². The SMILES string of the molecule is N#Cc1ccc(Cl)c(C(=O)NCCCOc2cc(C(F)(F)F)cc(N3CCCCC3)n2)c1. The number of pyridine rings is 1. The maximum Gasteiger partial charge on any atom is 0.416 e. The number of halogens is 4. The fourth-order valence-corrected chi connectivity index (χ4v) is 3.53. The van der Waals surface area contributed by atoms with Crippen molar-refractivity contribution in [2.45, 2.75) is 31.9 Å². The van der Waals surface area contributed by atoms with Crippen LogP contribution >= 0.6 is 11.6 Å². The predicted octanol–water partition coefficient (Wildman–Crippen LogP) is 4.81. The molecule has 0 unspecified atom stereocenters. The van der Waals surface area contributed by atoms with Crippen LogP contribution in [0.25, 0.3) is 0 Å². The summed E-state index contributed by atoms with van der Waals surface area (Å²) in [5, 5.41) is 11.8. The minimum absolute atomic E-state index is 0.0694. The molecule has 6 nitrogen and oxygen atoms in total. The van der Waals surface area contributed by atoms with Crippen molar-refractivity contribution >= 4 is 23.3 Å². The first-order valence-corrected chi connectivity index (χ1v) is 10.6. The number of alkyl halides is 3. The average Bonchev–Trinajstić information content (AvgIpc) is 2.79. The summed E-state index contributed by atoms with van der Waals surface area (Å²) < 4.78 is 45.4. The van der Waals surface area contributed by atoms with E-state index in [4.69, 9.17) is 21.6 Å². The van der Waals surface area contributed by atoms with Crippen molar-refractivity contribution in [3.8, 4) is 11.9 Å². The highest BCUT2D eigenvalue weighted by Gasteiger charge is 2.32. The molecule has 0 radical (unpaired) electrons. The lowest BCUT2D eigenvalue weighted by Crippen LogP contribution is -2.30. The van der Waals surface area contributed by atoms with Crippen LogP contribution in [0.1, 0.15) is 47.2 Å². The van der Waals surface area contributed by atoms with Gasteiger partial charge in [-0.2, -0.15) is 23.4 Å². The summed E-state index contributed by atoms with van der Waals surface area (Å²) >= 11 is 6.00. The Morgan fingerprint density at radius 1 is 1.22 bits per heavy atom. The van der Waals surface area contributed by atoms with E-state index in [1.165, 1.54) is 18.2 Å². The van der Waals surface area contributed by atoms with Crippen molar-refractivity contribution in [3.63, 3.8) is 0 Å². The maximum absolute atomic E-state index is 13.3. The van der Waals surface area contributed by atoms with Crippen molar-refractivity contribution < 1.29 is 22.7 Å². The van der Waals surface area contributed by atoms with Crippen LogP contribution in [0.2, 0.25) is 5.02 Å². The Kier molecular flexibility index (Phi) is 7.80. The van der Waals surface area contributed by atoms with Gasteiger partial charge in [0.1, 0.15) is 5.82 Å². The molecular weight excluding hydrogens is 445 g/mol. The Labute approximate surface area is 188 Å². The molecule has 0 spiro atoms. The summed E-state index contributed by atoms with van der Waals surface area (Å²) in [6.45, 7) is 1.61. The van der Waals surface area contributed by atoms with E-state index in [9.17, 15) is 18.0 Å². The molecule has 3 rings (SSSR count). The standard InChI is InChI=1S/C22H22ClF3N4O2/c23-18-6-5-15(14-27)11-17(18)21(31)28-7-4-10-32-20-13-16(22(24,25)26)12-19(29-20)30-8-2-1-3-9-30/h5-6,11-13H,1-4,7-10H2,(H,28,31). The van der Waals surface area contributed by atoms with Gasteiger partial charge in [0.05, 0.1) is 34.4 Å². The predicted molar refractivity (Wildman–Crippen MR) is 114 cm³/mol. The van der Waals surface area contributed by atoms with Crippen LogP contribution in [-0.2, 0) is 6.18 Å². The highest BCUT2D eigenvalue weighted by molar-refractivity contribution is 6.33. The largest absolute Gasteiger partial charge is 0.478 e. The number of rotatable bonds is 7. The molecule has 0 bridgehead atoms. The number of nitrogens with one attached hydrogen (secondary N) is 1. The molecule has 1 aromatic heterocycles. The number of piperidine rings is 1. The lowest BCUT2D eigenvalue weighted by Gasteiger charge is -2.28.